The fourth-order valence-electron chi connectivity index (χ4n) is 4.08. The van der Waals surface area contributed by atoms with E-state index in [9.17, 15) is 19.2 Å². The maximum Gasteiger partial charge on any atom is 0.330 e. The lowest BCUT2D eigenvalue weighted by Gasteiger charge is -2.29. The van der Waals surface area contributed by atoms with Crippen LogP contribution in [0.1, 0.15) is 53.5 Å². The van der Waals surface area contributed by atoms with Crippen LogP contribution in [-0.4, -0.2) is 74.7 Å². The number of rotatable bonds is 5. The van der Waals surface area contributed by atoms with Gasteiger partial charge in [-0.3, -0.25) is 14.4 Å². The molecule has 3 fully saturated rings. The van der Waals surface area contributed by atoms with Crippen LogP contribution in [0.5, 0.6) is 0 Å². The number of aromatic amines is 1. The number of Topliss-reactive ketones (excluding diaryl/α,β-unsaturated/α-hetero) is 1. The minimum atomic E-state index is -0.642. The Balaban J connectivity index is 1.34. The van der Waals surface area contributed by atoms with E-state index in [1.165, 1.54) is 12.3 Å². The van der Waals surface area contributed by atoms with E-state index in [1.54, 1.807) is 21.6 Å². The normalized spacial score (nSPS) is 26.6. The first kappa shape index (κ1) is 19.0. The van der Waals surface area contributed by atoms with Gasteiger partial charge in [0.05, 0.1) is 4.87 Å². The van der Waals surface area contributed by atoms with Gasteiger partial charge in [-0.1, -0.05) is 0 Å². The molecule has 150 valence electrons. The number of nitrogens with one attached hydrogen (secondary N) is 1. The molecule has 0 unspecified atom stereocenters. The van der Waals surface area contributed by atoms with E-state index >= 15 is 0 Å². The molecule has 3 saturated heterocycles. The maximum absolute atomic E-state index is 12.4. The predicted molar refractivity (Wildman–Crippen MR) is 102 cm³/mol. The fourth-order valence-corrected chi connectivity index (χ4v) is 5.50. The van der Waals surface area contributed by atoms with Gasteiger partial charge in [0.15, 0.2) is 6.61 Å². The van der Waals surface area contributed by atoms with E-state index in [-0.39, 0.29) is 22.5 Å². The Morgan fingerprint density at radius 2 is 2.07 bits per heavy atom. The molecule has 0 radical (unpaired) electrons. The van der Waals surface area contributed by atoms with Crippen LogP contribution in [0.4, 0.5) is 0 Å². The fraction of sp³-hybridized carbons (Fsp3) is 0.579. The number of amides is 2. The average Bonchev–Trinajstić information content (AvgIpc) is 3.45. The topological polar surface area (TPSA) is 99.8 Å². The highest BCUT2D eigenvalue weighted by molar-refractivity contribution is 8.01. The molecule has 4 rings (SSSR count). The number of esters is 1. The number of likely N-dealkylation sites (tertiary alicyclic amines) is 1. The molecule has 28 heavy (non-hydrogen) atoms. The van der Waals surface area contributed by atoms with Crippen molar-refractivity contribution >= 4 is 35.3 Å². The van der Waals surface area contributed by atoms with E-state index in [1.807, 2.05) is 6.92 Å². The lowest BCUT2D eigenvalue weighted by molar-refractivity contribution is -0.152. The van der Waals surface area contributed by atoms with Crippen LogP contribution in [0, 0.1) is 0 Å². The SMILES string of the molecule is C[C@]12CCC(=O)N1[C@H](C(=O)OCC(=O)c1c[nH]c(C(=O)N3CCCC3)c1)CS2. The van der Waals surface area contributed by atoms with Crippen LogP contribution in [0.25, 0.3) is 0 Å². The van der Waals surface area contributed by atoms with Crippen molar-refractivity contribution in [2.24, 2.45) is 0 Å². The van der Waals surface area contributed by atoms with Crippen molar-refractivity contribution in [2.45, 2.75) is 43.5 Å². The standard InChI is InChI=1S/C19H23N3O5S/c1-19-5-4-16(24)22(19)14(11-28-19)18(26)27-10-15(23)12-8-13(20-9-12)17(25)21-6-2-3-7-21/h8-9,14,20H,2-7,10-11H2,1H3/t14-,19-/m0/s1. The van der Waals surface area contributed by atoms with Gasteiger partial charge in [0.25, 0.3) is 5.91 Å². The van der Waals surface area contributed by atoms with Gasteiger partial charge in [-0.25, -0.2) is 4.79 Å². The third kappa shape index (κ3) is 3.32. The summed E-state index contributed by atoms with van der Waals surface area (Å²) in [7, 11) is 0. The molecule has 4 heterocycles. The van der Waals surface area contributed by atoms with Gasteiger partial charge in [-0.05, 0) is 32.3 Å². The molecule has 1 aromatic rings. The quantitative estimate of drug-likeness (QED) is 0.588. The Morgan fingerprint density at radius 1 is 1.32 bits per heavy atom. The number of ketones is 1. The monoisotopic (exact) mass is 405 g/mol. The molecule has 0 aliphatic carbocycles. The van der Waals surface area contributed by atoms with Crippen molar-refractivity contribution in [3.05, 3.63) is 23.5 Å². The van der Waals surface area contributed by atoms with Gasteiger partial charge in [0, 0.05) is 37.0 Å². The number of ether oxygens (including phenoxy) is 1. The molecule has 0 saturated carbocycles. The zero-order valence-electron chi connectivity index (χ0n) is 15.7. The number of nitrogens with zero attached hydrogens (tertiary/aromatic N) is 2. The molecule has 3 aliphatic heterocycles. The lowest BCUT2D eigenvalue weighted by Crippen LogP contribution is -2.46. The summed E-state index contributed by atoms with van der Waals surface area (Å²) in [6.45, 7) is 3.01. The van der Waals surface area contributed by atoms with Gasteiger partial charge in [0.2, 0.25) is 11.7 Å². The summed E-state index contributed by atoms with van der Waals surface area (Å²) < 4.78 is 5.21. The summed E-state index contributed by atoms with van der Waals surface area (Å²) in [5, 5.41) is 0. The summed E-state index contributed by atoms with van der Waals surface area (Å²) in [6.07, 6.45) is 4.60. The summed E-state index contributed by atoms with van der Waals surface area (Å²) in [5.41, 5.74) is 0.667. The Bertz CT molecular complexity index is 831. The van der Waals surface area contributed by atoms with Gasteiger partial charge < -0.3 is 19.5 Å². The zero-order valence-corrected chi connectivity index (χ0v) is 16.5. The smallest absolute Gasteiger partial charge is 0.330 e. The number of H-pyrrole nitrogens is 1. The molecule has 9 heteroatoms. The van der Waals surface area contributed by atoms with Crippen LogP contribution < -0.4 is 0 Å². The third-order valence-corrected chi connectivity index (χ3v) is 7.20. The summed E-state index contributed by atoms with van der Waals surface area (Å²) >= 11 is 1.58. The van der Waals surface area contributed by atoms with E-state index in [0.717, 1.165) is 32.4 Å². The van der Waals surface area contributed by atoms with Crippen molar-refractivity contribution in [2.75, 3.05) is 25.4 Å². The van der Waals surface area contributed by atoms with Gasteiger partial charge >= 0.3 is 5.97 Å². The van der Waals surface area contributed by atoms with Gasteiger partial charge in [-0.15, -0.1) is 11.8 Å². The van der Waals surface area contributed by atoms with E-state index in [2.05, 4.69) is 4.98 Å². The molecule has 1 N–H and O–H groups in total. The first-order chi connectivity index (χ1) is 13.4. The van der Waals surface area contributed by atoms with Gasteiger partial charge in [-0.2, -0.15) is 0 Å². The molecule has 8 nitrogen and oxygen atoms in total. The van der Waals surface area contributed by atoms with Crippen LogP contribution in [0.2, 0.25) is 0 Å². The number of fused-ring (bicyclic) bond motifs is 1. The van der Waals surface area contributed by atoms with Crippen LogP contribution in [-0.2, 0) is 14.3 Å². The molecule has 0 bridgehead atoms. The van der Waals surface area contributed by atoms with E-state index in [4.69, 9.17) is 4.74 Å². The summed E-state index contributed by atoms with van der Waals surface area (Å²) in [6, 6.07) is 0.861. The van der Waals surface area contributed by atoms with Gasteiger partial charge in [0.1, 0.15) is 11.7 Å². The Kier molecular flexibility index (Phi) is 4.95. The molecule has 2 amide bonds. The second-order valence-electron chi connectivity index (χ2n) is 7.60. The van der Waals surface area contributed by atoms with Crippen LogP contribution >= 0.6 is 11.8 Å². The number of carbonyl (C=O) groups excluding carboxylic acids is 4. The average molecular weight is 405 g/mol. The number of thioether (sulfide) groups is 1. The highest BCUT2D eigenvalue weighted by Gasteiger charge is 2.53. The van der Waals surface area contributed by atoms with Crippen LogP contribution in [0.15, 0.2) is 12.3 Å². The Hall–Kier alpha value is -2.29. The number of hydrogen-bond donors (Lipinski definition) is 1. The minimum absolute atomic E-state index is 0.0449. The first-order valence-electron chi connectivity index (χ1n) is 9.53. The molecule has 0 spiro atoms. The van der Waals surface area contributed by atoms with Crippen molar-refractivity contribution in [1.82, 2.24) is 14.8 Å². The molecule has 3 aliphatic rings. The highest BCUT2D eigenvalue weighted by Crippen LogP contribution is 2.47. The molecule has 1 aromatic heterocycles. The molecule has 2 atom stereocenters. The van der Waals surface area contributed by atoms with E-state index < -0.39 is 18.6 Å². The largest absolute Gasteiger partial charge is 0.456 e. The Morgan fingerprint density at radius 3 is 2.82 bits per heavy atom. The second kappa shape index (κ2) is 7.27. The second-order valence-corrected chi connectivity index (χ2v) is 9.10. The maximum atomic E-state index is 12.4. The first-order valence-corrected chi connectivity index (χ1v) is 10.5. The van der Waals surface area contributed by atoms with Crippen LogP contribution in [0.3, 0.4) is 0 Å². The molecular weight excluding hydrogens is 382 g/mol. The summed E-state index contributed by atoms with van der Waals surface area (Å²) in [4.78, 5) is 55.1. The molecule has 0 aromatic carbocycles. The van der Waals surface area contributed by atoms with Crippen molar-refractivity contribution < 1.29 is 23.9 Å². The molecular formula is C19H23N3O5S. The number of aromatic nitrogens is 1. The Labute approximate surface area is 166 Å². The number of carbonyl (C=O) groups is 4. The number of hydrogen-bond acceptors (Lipinski definition) is 6. The predicted octanol–water partition coefficient (Wildman–Crippen LogP) is 1.43. The third-order valence-electron chi connectivity index (χ3n) is 5.69. The summed E-state index contributed by atoms with van der Waals surface area (Å²) in [5.74, 6) is -0.622. The highest BCUT2D eigenvalue weighted by atomic mass is 32.2. The van der Waals surface area contributed by atoms with Crippen molar-refractivity contribution in [3.63, 3.8) is 0 Å². The van der Waals surface area contributed by atoms with Crippen molar-refractivity contribution in [3.8, 4) is 0 Å². The minimum Gasteiger partial charge on any atom is -0.456 e. The lowest BCUT2D eigenvalue weighted by atomic mass is 10.2. The zero-order chi connectivity index (χ0) is 19.9. The van der Waals surface area contributed by atoms with E-state index in [0.29, 0.717) is 23.4 Å². The van der Waals surface area contributed by atoms with Crippen molar-refractivity contribution in [1.29, 1.82) is 0 Å².